The van der Waals surface area contributed by atoms with Crippen molar-refractivity contribution in [1.29, 1.82) is 0 Å². The number of hydrogen-bond donors (Lipinski definition) is 2. The van der Waals surface area contributed by atoms with E-state index in [9.17, 15) is 5.11 Å². The van der Waals surface area contributed by atoms with Gasteiger partial charge < -0.3 is 15.2 Å². The van der Waals surface area contributed by atoms with E-state index in [2.05, 4.69) is 12.2 Å². The zero-order valence-electron chi connectivity index (χ0n) is 11.9. The van der Waals surface area contributed by atoms with Gasteiger partial charge in [-0.05, 0) is 37.5 Å². The molecule has 0 heterocycles. The first-order valence-electron chi connectivity index (χ1n) is 7.29. The molecule has 1 aromatic carbocycles. The fraction of sp³-hybridized carbons (Fsp3) is 0.625. The number of hydrogen-bond acceptors (Lipinski definition) is 3. The van der Waals surface area contributed by atoms with Crippen LogP contribution in [-0.2, 0) is 0 Å². The Morgan fingerprint density at radius 2 is 2.00 bits per heavy atom. The predicted octanol–water partition coefficient (Wildman–Crippen LogP) is 3.04. The Morgan fingerprint density at radius 3 is 2.68 bits per heavy atom. The Balaban J connectivity index is 1.95. The van der Waals surface area contributed by atoms with Gasteiger partial charge in [0.2, 0.25) is 0 Å². The summed E-state index contributed by atoms with van der Waals surface area (Å²) in [7, 11) is 1.65. The van der Waals surface area contributed by atoms with Crippen molar-refractivity contribution < 1.29 is 9.84 Å². The lowest BCUT2D eigenvalue weighted by atomic mass is 9.94. The average molecular weight is 263 g/mol. The summed E-state index contributed by atoms with van der Waals surface area (Å²) in [5.41, 5.74) is 0.912. The molecule has 2 atom stereocenters. The summed E-state index contributed by atoms with van der Waals surface area (Å²) >= 11 is 0. The SMILES string of the molecule is COc1cccc(C(O)C(C)NC2CCCCC2)c1. The lowest BCUT2D eigenvalue weighted by Crippen LogP contribution is -2.41. The molecule has 1 saturated carbocycles. The van der Waals surface area contributed by atoms with Crippen molar-refractivity contribution in [3.8, 4) is 5.75 Å². The van der Waals surface area contributed by atoms with Crippen LogP contribution in [0, 0.1) is 0 Å². The van der Waals surface area contributed by atoms with Gasteiger partial charge in [0.1, 0.15) is 5.75 Å². The van der Waals surface area contributed by atoms with Gasteiger partial charge in [-0.15, -0.1) is 0 Å². The number of rotatable bonds is 5. The van der Waals surface area contributed by atoms with Gasteiger partial charge in [0.25, 0.3) is 0 Å². The highest BCUT2D eigenvalue weighted by Crippen LogP contribution is 2.24. The van der Waals surface area contributed by atoms with E-state index < -0.39 is 6.10 Å². The van der Waals surface area contributed by atoms with Crippen LogP contribution in [0.3, 0.4) is 0 Å². The van der Waals surface area contributed by atoms with E-state index in [-0.39, 0.29) is 6.04 Å². The molecule has 106 valence electrons. The lowest BCUT2D eigenvalue weighted by Gasteiger charge is -2.29. The van der Waals surface area contributed by atoms with Crippen molar-refractivity contribution in [2.24, 2.45) is 0 Å². The van der Waals surface area contributed by atoms with E-state index >= 15 is 0 Å². The number of methoxy groups -OCH3 is 1. The first kappa shape index (κ1) is 14.4. The maximum Gasteiger partial charge on any atom is 0.119 e. The molecule has 0 spiro atoms. The molecule has 2 N–H and O–H groups in total. The molecule has 19 heavy (non-hydrogen) atoms. The molecule has 0 amide bonds. The molecule has 0 aliphatic heterocycles. The van der Waals surface area contributed by atoms with Gasteiger partial charge in [0, 0.05) is 12.1 Å². The molecular formula is C16H25NO2. The zero-order valence-corrected chi connectivity index (χ0v) is 11.9. The topological polar surface area (TPSA) is 41.5 Å². The number of benzene rings is 1. The maximum absolute atomic E-state index is 10.4. The maximum atomic E-state index is 10.4. The minimum Gasteiger partial charge on any atom is -0.497 e. The molecule has 0 aromatic heterocycles. The van der Waals surface area contributed by atoms with Gasteiger partial charge in [-0.3, -0.25) is 0 Å². The number of nitrogens with one attached hydrogen (secondary N) is 1. The van der Waals surface area contributed by atoms with Gasteiger partial charge >= 0.3 is 0 Å². The molecule has 3 nitrogen and oxygen atoms in total. The molecular weight excluding hydrogens is 238 g/mol. The summed E-state index contributed by atoms with van der Waals surface area (Å²) < 4.78 is 5.20. The summed E-state index contributed by atoms with van der Waals surface area (Å²) in [4.78, 5) is 0. The average Bonchev–Trinajstić information content (AvgIpc) is 2.47. The summed E-state index contributed by atoms with van der Waals surface area (Å²) in [5, 5.41) is 14.0. The molecule has 0 saturated heterocycles. The Bertz CT molecular complexity index is 388. The van der Waals surface area contributed by atoms with Crippen LogP contribution < -0.4 is 10.1 Å². The summed E-state index contributed by atoms with van der Waals surface area (Å²) in [6, 6.07) is 8.30. The molecule has 1 aliphatic rings. The molecule has 0 radical (unpaired) electrons. The van der Waals surface area contributed by atoms with Gasteiger partial charge in [-0.1, -0.05) is 31.4 Å². The van der Waals surface area contributed by atoms with E-state index in [1.807, 2.05) is 24.3 Å². The fourth-order valence-corrected chi connectivity index (χ4v) is 2.85. The predicted molar refractivity (Wildman–Crippen MR) is 77.4 cm³/mol. The molecule has 1 aliphatic carbocycles. The van der Waals surface area contributed by atoms with Crippen molar-refractivity contribution in [1.82, 2.24) is 5.32 Å². The van der Waals surface area contributed by atoms with Gasteiger partial charge in [-0.2, -0.15) is 0 Å². The largest absolute Gasteiger partial charge is 0.497 e. The van der Waals surface area contributed by atoms with Crippen molar-refractivity contribution >= 4 is 0 Å². The highest BCUT2D eigenvalue weighted by molar-refractivity contribution is 5.30. The van der Waals surface area contributed by atoms with E-state index in [1.165, 1.54) is 32.1 Å². The summed E-state index contributed by atoms with van der Waals surface area (Å²) in [6.07, 6.45) is 5.94. The third-order valence-electron chi connectivity index (χ3n) is 4.01. The Labute approximate surface area is 116 Å². The highest BCUT2D eigenvalue weighted by atomic mass is 16.5. The van der Waals surface area contributed by atoms with E-state index in [0.29, 0.717) is 6.04 Å². The normalized spacial score (nSPS) is 19.9. The zero-order chi connectivity index (χ0) is 13.7. The Morgan fingerprint density at radius 1 is 1.26 bits per heavy atom. The van der Waals surface area contributed by atoms with Gasteiger partial charge in [0.15, 0.2) is 0 Å². The second-order valence-electron chi connectivity index (χ2n) is 5.51. The van der Waals surface area contributed by atoms with Crippen LogP contribution in [0.5, 0.6) is 5.75 Å². The first-order chi connectivity index (χ1) is 9.20. The van der Waals surface area contributed by atoms with E-state index in [4.69, 9.17) is 4.74 Å². The van der Waals surface area contributed by atoms with Crippen LogP contribution in [0.4, 0.5) is 0 Å². The van der Waals surface area contributed by atoms with Crippen LogP contribution in [0.1, 0.15) is 50.7 Å². The molecule has 0 bridgehead atoms. The van der Waals surface area contributed by atoms with Crippen molar-refractivity contribution in [2.75, 3.05) is 7.11 Å². The number of aliphatic hydroxyl groups excluding tert-OH is 1. The van der Waals surface area contributed by atoms with Gasteiger partial charge in [-0.25, -0.2) is 0 Å². The minimum absolute atomic E-state index is 0.0650. The van der Waals surface area contributed by atoms with Crippen LogP contribution in [0.25, 0.3) is 0 Å². The number of aliphatic hydroxyl groups is 1. The highest BCUT2D eigenvalue weighted by Gasteiger charge is 2.21. The molecule has 2 rings (SSSR count). The van der Waals surface area contributed by atoms with E-state index in [0.717, 1.165) is 11.3 Å². The molecule has 1 aromatic rings. The quantitative estimate of drug-likeness (QED) is 0.858. The van der Waals surface area contributed by atoms with Crippen molar-refractivity contribution in [3.63, 3.8) is 0 Å². The van der Waals surface area contributed by atoms with Crippen LogP contribution >= 0.6 is 0 Å². The Hall–Kier alpha value is -1.06. The molecule has 1 fully saturated rings. The smallest absolute Gasteiger partial charge is 0.119 e. The second-order valence-corrected chi connectivity index (χ2v) is 5.51. The van der Waals surface area contributed by atoms with Crippen LogP contribution in [0.2, 0.25) is 0 Å². The van der Waals surface area contributed by atoms with Crippen molar-refractivity contribution in [3.05, 3.63) is 29.8 Å². The summed E-state index contributed by atoms with van der Waals surface area (Å²) in [5.74, 6) is 0.793. The van der Waals surface area contributed by atoms with Crippen LogP contribution in [-0.4, -0.2) is 24.3 Å². The lowest BCUT2D eigenvalue weighted by molar-refractivity contribution is 0.124. The van der Waals surface area contributed by atoms with Crippen LogP contribution in [0.15, 0.2) is 24.3 Å². The van der Waals surface area contributed by atoms with Gasteiger partial charge in [0.05, 0.1) is 13.2 Å². The standard InChI is InChI=1S/C16H25NO2/c1-12(17-14-8-4-3-5-9-14)16(18)13-7-6-10-15(11-13)19-2/h6-7,10-12,14,16-18H,3-5,8-9H2,1-2H3. The monoisotopic (exact) mass is 263 g/mol. The fourth-order valence-electron chi connectivity index (χ4n) is 2.85. The third kappa shape index (κ3) is 3.95. The molecule has 2 unspecified atom stereocenters. The molecule has 3 heteroatoms. The first-order valence-corrected chi connectivity index (χ1v) is 7.29. The Kier molecular flexibility index (Phi) is 5.23. The number of ether oxygens (including phenoxy) is 1. The van der Waals surface area contributed by atoms with E-state index in [1.54, 1.807) is 7.11 Å². The second kappa shape index (κ2) is 6.92. The minimum atomic E-state index is -0.489. The van der Waals surface area contributed by atoms with Crippen molar-refractivity contribution in [2.45, 2.75) is 57.2 Å². The summed E-state index contributed by atoms with van der Waals surface area (Å²) in [6.45, 7) is 2.05. The third-order valence-corrected chi connectivity index (χ3v) is 4.01.